The molecular weight excluding hydrogens is 284 g/mol. The maximum Gasteiger partial charge on any atom is 0.196 e. The van der Waals surface area contributed by atoms with Crippen LogP contribution in [0.15, 0.2) is 29.4 Å². The highest BCUT2D eigenvalue weighted by atomic mass is 32.2. The maximum absolute atomic E-state index is 8.66. The lowest BCUT2D eigenvalue weighted by Crippen LogP contribution is -1.94. The van der Waals surface area contributed by atoms with E-state index in [1.807, 2.05) is 28.7 Å². The van der Waals surface area contributed by atoms with Gasteiger partial charge in [-0.3, -0.25) is 4.40 Å². The Kier molecular flexibility index (Phi) is 3.67. The van der Waals surface area contributed by atoms with Crippen molar-refractivity contribution < 1.29 is 4.74 Å². The molecule has 106 valence electrons. The number of fused-ring (bicyclic) bond motifs is 3. The number of hydrogen-bond donors (Lipinski definition) is 0. The van der Waals surface area contributed by atoms with E-state index < -0.39 is 0 Å². The Morgan fingerprint density at radius 1 is 1.33 bits per heavy atom. The molecule has 0 spiro atoms. The number of methoxy groups -OCH3 is 1. The van der Waals surface area contributed by atoms with E-state index in [4.69, 9.17) is 10.00 Å². The molecule has 2 heterocycles. The van der Waals surface area contributed by atoms with Crippen molar-refractivity contribution >= 4 is 28.3 Å². The first-order chi connectivity index (χ1) is 10.2. The fourth-order valence-electron chi connectivity index (χ4n) is 2.31. The van der Waals surface area contributed by atoms with Crippen LogP contribution >= 0.6 is 11.8 Å². The van der Waals surface area contributed by atoms with E-state index in [0.717, 1.165) is 33.0 Å². The van der Waals surface area contributed by atoms with Crippen molar-refractivity contribution in [3.05, 3.63) is 29.8 Å². The number of aryl methyl sites for hydroxylation is 1. The Hall–Kier alpha value is -2.26. The summed E-state index contributed by atoms with van der Waals surface area (Å²) in [4.78, 5) is 0. The van der Waals surface area contributed by atoms with Gasteiger partial charge in [0, 0.05) is 23.6 Å². The number of ether oxygens (including phenoxy) is 1. The number of rotatable bonds is 4. The van der Waals surface area contributed by atoms with Crippen molar-refractivity contribution in [1.82, 2.24) is 14.6 Å². The molecule has 0 radical (unpaired) electrons. The summed E-state index contributed by atoms with van der Waals surface area (Å²) in [6.07, 6.45) is 0.493. The van der Waals surface area contributed by atoms with Crippen molar-refractivity contribution in [3.8, 4) is 11.8 Å². The molecule has 0 bridgehead atoms. The normalized spacial score (nSPS) is 10.9. The molecule has 0 unspecified atom stereocenters. The fraction of sp³-hybridized carbons (Fsp3) is 0.267. The number of benzene rings is 1. The molecule has 1 aromatic carbocycles. The molecule has 0 saturated carbocycles. The lowest BCUT2D eigenvalue weighted by molar-refractivity contribution is 0.415. The minimum Gasteiger partial charge on any atom is -0.497 e. The van der Waals surface area contributed by atoms with Crippen LogP contribution in [0.3, 0.4) is 0 Å². The molecule has 0 aliphatic carbocycles. The molecular formula is C15H14N4OS. The Labute approximate surface area is 126 Å². The summed E-state index contributed by atoms with van der Waals surface area (Å²) in [7, 11) is 1.66. The minimum atomic E-state index is 0.493. The summed E-state index contributed by atoms with van der Waals surface area (Å²) in [5.74, 6) is 1.51. The van der Waals surface area contributed by atoms with Crippen LogP contribution in [0.2, 0.25) is 0 Å². The molecule has 0 aliphatic rings. The van der Waals surface area contributed by atoms with Gasteiger partial charge in [-0.15, -0.1) is 10.2 Å². The first-order valence-corrected chi connectivity index (χ1v) is 7.55. The Balaban J connectivity index is 2.23. The van der Waals surface area contributed by atoms with Crippen LogP contribution in [0.5, 0.6) is 5.75 Å². The lowest BCUT2D eigenvalue weighted by Gasteiger charge is -2.09. The number of pyridine rings is 1. The van der Waals surface area contributed by atoms with Crippen LogP contribution in [-0.4, -0.2) is 27.5 Å². The van der Waals surface area contributed by atoms with Gasteiger partial charge < -0.3 is 4.74 Å². The number of aromatic nitrogens is 3. The average molecular weight is 298 g/mol. The fourth-order valence-corrected chi connectivity index (χ4v) is 3.11. The van der Waals surface area contributed by atoms with Gasteiger partial charge in [-0.2, -0.15) is 5.26 Å². The van der Waals surface area contributed by atoms with E-state index in [1.54, 1.807) is 18.9 Å². The third-order valence-corrected chi connectivity index (χ3v) is 4.25. The van der Waals surface area contributed by atoms with Crippen molar-refractivity contribution in [2.75, 3.05) is 12.9 Å². The van der Waals surface area contributed by atoms with Crippen molar-refractivity contribution in [2.45, 2.75) is 18.5 Å². The van der Waals surface area contributed by atoms with Crippen molar-refractivity contribution in [1.29, 1.82) is 5.26 Å². The summed E-state index contributed by atoms with van der Waals surface area (Å²) in [5, 5.41) is 19.1. The topological polar surface area (TPSA) is 63.2 Å². The summed E-state index contributed by atoms with van der Waals surface area (Å²) < 4.78 is 7.34. The third-order valence-electron chi connectivity index (χ3n) is 3.32. The van der Waals surface area contributed by atoms with Gasteiger partial charge >= 0.3 is 0 Å². The summed E-state index contributed by atoms with van der Waals surface area (Å²) >= 11 is 1.54. The van der Waals surface area contributed by atoms with E-state index >= 15 is 0 Å². The molecule has 5 nitrogen and oxygen atoms in total. The van der Waals surface area contributed by atoms with Crippen LogP contribution < -0.4 is 4.74 Å². The summed E-state index contributed by atoms with van der Waals surface area (Å²) in [6, 6.07) is 10.2. The standard InChI is InChI=1S/C15H14N4OS/c1-10-8-14-17-18-15(21-7-3-6-16)19(14)13-9-11(20-2)4-5-12(10)13/h4-5,8-9H,3,7H2,1-2H3. The van der Waals surface area contributed by atoms with Crippen LogP contribution in [0.4, 0.5) is 0 Å². The number of nitriles is 1. The number of nitrogens with zero attached hydrogens (tertiary/aromatic N) is 4. The first kappa shape index (κ1) is 13.7. The highest BCUT2D eigenvalue weighted by Crippen LogP contribution is 2.28. The number of thioether (sulfide) groups is 1. The van der Waals surface area contributed by atoms with Crippen molar-refractivity contribution in [3.63, 3.8) is 0 Å². The predicted molar refractivity (Wildman–Crippen MR) is 82.7 cm³/mol. The second-order valence-electron chi connectivity index (χ2n) is 4.64. The second-order valence-corrected chi connectivity index (χ2v) is 5.71. The number of hydrogen-bond acceptors (Lipinski definition) is 5. The van der Waals surface area contributed by atoms with Crippen LogP contribution in [0, 0.1) is 18.3 Å². The highest BCUT2D eigenvalue weighted by Gasteiger charge is 2.12. The predicted octanol–water partition coefficient (Wildman–Crippen LogP) is 3.21. The van der Waals surface area contributed by atoms with E-state index in [2.05, 4.69) is 23.2 Å². The molecule has 6 heteroatoms. The van der Waals surface area contributed by atoms with E-state index in [9.17, 15) is 0 Å². The largest absolute Gasteiger partial charge is 0.497 e. The Morgan fingerprint density at radius 2 is 2.19 bits per heavy atom. The molecule has 2 aromatic heterocycles. The minimum absolute atomic E-state index is 0.493. The van der Waals surface area contributed by atoms with Gasteiger partial charge in [0.05, 0.1) is 18.7 Å². The summed E-state index contributed by atoms with van der Waals surface area (Å²) in [6.45, 7) is 2.06. The van der Waals surface area contributed by atoms with Crippen LogP contribution in [0.25, 0.3) is 16.6 Å². The zero-order valence-electron chi connectivity index (χ0n) is 11.8. The van der Waals surface area contributed by atoms with Crippen molar-refractivity contribution in [2.24, 2.45) is 0 Å². The van der Waals surface area contributed by atoms with E-state index in [-0.39, 0.29) is 0 Å². The van der Waals surface area contributed by atoms with Gasteiger partial charge in [-0.05, 0) is 30.7 Å². The second kappa shape index (κ2) is 5.62. The first-order valence-electron chi connectivity index (χ1n) is 6.57. The molecule has 0 saturated heterocycles. The SMILES string of the molecule is COc1ccc2c(C)cc3nnc(SCCC#N)n3c2c1. The van der Waals surface area contributed by atoms with E-state index in [0.29, 0.717) is 12.2 Å². The molecule has 0 fully saturated rings. The van der Waals surface area contributed by atoms with E-state index in [1.165, 1.54) is 0 Å². The van der Waals surface area contributed by atoms with Gasteiger partial charge in [0.2, 0.25) is 0 Å². The van der Waals surface area contributed by atoms with Gasteiger partial charge in [0.1, 0.15) is 5.75 Å². The van der Waals surface area contributed by atoms with Crippen LogP contribution in [0.1, 0.15) is 12.0 Å². The quantitative estimate of drug-likeness (QED) is 0.546. The zero-order chi connectivity index (χ0) is 14.8. The van der Waals surface area contributed by atoms with Gasteiger partial charge in [-0.25, -0.2) is 0 Å². The Morgan fingerprint density at radius 3 is 2.95 bits per heavy atom. The van der Waals surface area contributed by atoms with Crippen LogP contribution in [-0.2, 0) is 0 Å². The van der Waals surface area contributed by atoms with Gasteiger partial charge in [-0.1, -0.05) is 11.8 Å². The Bertz CT molecular complexity index is 850. The molecule has 21 heavy (non-hydrogen) atoms. The monoisotopic (exact) mass is 298 g/mol. The summed E-state index contributed by atoms with van der Waals surface area (Å²) in [5.41, 5.74) is 2.99. The average Bonchev–Trinajstić information content (AvgIpc) is 2.90. The third kappa shape index (κ3) is 2.41. The maximum atomic E-state index is 8.66. The molecule has 3 rings (SSSR count). The zero-order valence-corrected chi connectivity index (χ0v) is 12.6. The molecule has 0 aliphatic heterocycles. The molecule has 0 atom stereocenters. The molecule has 3 aromatic rings. The molecule has 0 amide bonds. The van der Waals surface area contributed by atoms with Gasteiger partial charge in [0.25, 0.3) is 0 Å². The molecule has 0 N–H and O–H groups in total. The highest BCUT2D eigenvalue weighted by molar-refractivity contribution is 7.99. The van der Waals surface area contributed by atoms with Gasteiger partial charge in [0.15, 0.2) is 10.8 Å². The smallest absolute Gasteiger partial charge is 0.196 e. The lowest BCUT2D eigenvalue weighted by atomic mass is 10.1.